The summed E-state index contributed by atoms with van der Waals surface area (Å²) in [7, 11) is 1.41. The first kappa shape index (κ1) is 20.5. The fourth-order valence-corrected chi connectivity index (χ4v) is 3.78. The molecule has 0 spiro atoms. The molecule has 0 aromatic heterocycles. The summed E-state index contributed by atoms with van der Waals surface area (Å²) >= 11 is 0. The largest absolute Gasteiger partial charge is 0.494 e. The molecule has 156 valence electrons. The standard InChI is InChI=1S/C26H22FNO3/c1-30-25-16-18(13-14-24(25)27)8-6-7-15-28-26(29)31-17-23-21-11-4-2-9-19(21)20-10-3-5-12-22(20)23/h2-5,9-14,16,23H,7,15,17H2,1H3,(H,28,29). The van der Waals surface area contributed by atoms with Crippen molar-refractivity contribution in [2.75, 3.05) is 20.3 Å². The second-order valence-electron chi connectivity index (χ2n) is 7.15. The lowest BCUT2D eigenvalue weighted by atomic mass is 9.98. The van der Waals surface area contributed by atoms with Gasteiger partial charge in [-0.3, -0.25) is 0 Å². The van der Waals surface area contributed by atoms with Gasteiger partial charge in [-0.2, -0.15) is 0 Å². The molecule has 31 heavy (non-hydrogen) atoms. The fraction of sp³-hybridized carbons (Fsp3) is 0.192. The summed E-state index contributed by atoms with van der Waals surface area (Å²) in [5.41, 5.74) is 5.40. The Hall–Kier alpha value is -3.78. The molecule has 1 aliphatic carbocycles. The van der Waals surface area contributed by atoms with Crippen LogP contribution >= 0.6 is 0 Å². The zero-order valence-electron chi connectivity index (χ0n) is 17.2. The van der Waals surface area contributed by atoms with Crippen molar-refractivity contribution in [1.29, 1.82) is 0 Å². The minimum atomic E-state index is -0.466. The minimum Gasteiger partial charge on any atom is -0.494 e. The predicted molar refractivity (Wildman–Crippen MR) is 118 cm³/mol. The Morgan fingerprint density at radius 2 is 1.71 bits per heavy atom. The molecule has 0 saturated carbocycles. The van der Waals surface area contributed by atoms with Crippen LogP contribution in [0.4, 0.5) is 9.18 Å². The molecule has 0 unspecified atom stereocenters. The molecule has 0 aliphatic heterocycles. The van der Waals surface area contributed by atoms with E-state index in [-0.39, 0.29) is 18.3 Å². The zero-order valence-corrected chi connectivity index (χ0v) is 17.2. The Morgan fingerprint density at radius 1 is 1.03 bits per heavy atom. The van der Waals surface area contributed by atoms with Crippen LogP contribution in [-0.2, 0) is 4.74 Å². The van der Waals surface area contributed by atoms with Gasteiger partial charge in [0.15, 0.2) is 11.6 Å². The Labute approximate surface area is 181 Å². The second-order valence-corrected chi connectivity index (χ2v) is 7.15. The molecule has 0 heterocycles. The van der Waals surface area contributed by atoms with Gasteiger partial charge in [-0.1, -0.05) is 60.4 Å². The number of methoxy groups -OCH3 is 1. The molecular weight excluding hydrogens is 393 g/mol. The maximum Gasteiger partial charge on any atom is 0.407 e. The lowest BCUT2D eigenvalue weighted by Crippen LogP contribution is -2.26. The molecular formula is C26H22FNO3. The summed E-state index contributed by atoms with van der Waals surface area (Å²) in [6.07, 6.45) is -0.0173. The predicted octanol–water partition coefficient (Wildman–Crippen LogP) is 5.11. The first-order valence-corrected chi connectivity index (χ1v) is 10.1. The Morgan fingerprint density at radius 3 is 2.39 bits per heavy atom. The number of benzene rings is 3. The average Bonchev–Trinajstić information content (AvgIpc) is 3.12. The Balaban J connectivity index is 1.28. The van der Waals surface area contributed by atoms with Gasteiger partial charge in [0.2, 0.25) is 0 Å². The van der Waals surface area contributed by atoms with E-state index in [2.05, 4.69) is 41.4 Å². The van der Waals surface area contributed by atoms with Crippen molar-refractivity contribution < 1.29 is 18.7 Å². The van der Waals surface area contributed by atoms with Crippen LogP contribution in [0, 0.1) is 17.7 Å². The molecule has 5 heteroatoms. The summed E-state index contributed by atoms with van der Waals surface area (Å²) < 4.78 is 23.8. The third kappa shape index (κ3) is 4.54. The van der Waals surface area contributed by atoms with Crippen LogP contribution in [0.2, 0.25) is 0 Å². The van der Waals surface area contributed by atoms with Crippen molar-refractivity contribution in [2.45, 2.75) is 12.3 Å². The molecule has 4 nitrogen and oxygen atoms in total. The molecule has 3 aromatic carbocycles. The number of alkyl carbamates (subject to hydrolysis) is 1. The van der Waals surface area contributed by atoms with Crippen LogP contribution in [0.25, 0.3) is 11.1 Å². The first-order valence-electron chi connectivity index (χ1n) is 10.1. The number of carbonyl (C=O) groups is 1. The number of amides is 1. The maximum atomic E-state index is 13.4. The molecule has 0 atom stereocenters. The highest BCUT2D eigenvalue weighted by molar-refractivity contribution is 5.79. The van der Waals surface area contributed by atoms with E-state index in [4.69, 9.17) is 9.47 Å². The van der Waals surface area contributed by atoms with Gasteiger partial charge in [-0.05, 0) is 40.5 Å². The third-order valence-corrected chi connectivity index (χ3v) is 5.25. The number of nitrogens with one attached hydrogen (secondary N) is 1. The van der Waals surface area contributed by atoms with E-state index in [1.165, 1.54) is 35.4 Å². The highest BCUT2D eigenvalue weighted by atomic mass is 19.1. The SMILES string of the molecule is COc1cc(C#CCCNC(=O)OCC2c3ccccc3-c3ccccc32)ccc1F. The van der Waals surface area contributed by atoms with E-state index >= 15 is 0 Å². The van der Waals surface area contributed by atoms with E-state index in [1.807, 2.05) is 24.3 Å². The summed E-state index contributed by atoms with van der Waals surface area (Å²) in [6.45, 7) is 0.642. The van der Waals surface area contributed by atoms with Crippen LogP contribution in [0.3, 0.4) is 0 Å². The summed E-state index contributed by atoms with van der Waals surface area (Å²) in [5.74, 6) is 5.65. The van der Waals surface area contributed by atoms with Gasteiger partial charge in [0.1, 0.15) is 6.61 Å². The third-order valence-electron chi connectivity index (χ3n) is 5.25. The number of halogens is 1. The summed E-state index contributed by atoms with van der Waals surface area (Å²) in [6, 6.07) is 20.9. The minimum absolute atomic E-state index is 0.0337. The van der Waals surface area contributed by atoms with Crippen molar-refractivity contribution in [3.8, 4) is 28.7 Å². The van der Waals surface area contributed by atoms with Crippen molar-refractivity contribution in [3.63, 3.8) is 0 Å². The lowest BCUT2D eigenvalue weighted by Gasteiger charge is -2.14. The van der Waals surface area contributed by atoms with Crippen molar-refractivity contribution in [1.82, 2.24) is 5.32 Å². The van der Waals surface area contributed by atoms with Crippen LogP contribution in [0.15, 0.2) is 66.7 Å². The van der Waals surface area contributed by atoms with Crippen molar-refractivity contribution >= 4 is 6.09 Å². The number of fused-ring (bicyclic) bond motifs is 3. The smallest absolute Gasteiger partial charge is 0.407 e. The highest BCUT2D eigenvalue weighted by Crippen LogP contribution is 2.44. The molecule has 0 fully saturated rings. The van der Waals surface area contributed by atoms with Crippen LogP contribution in [0.1, 0.15) is 29.0 Å². The molecule has 1 aliphatic rings. The van der Waals surface area contributed by atoms with Gasteiger partial charge >= 0.3 is 6.09 Å². The Bertz CT molecular complexity index is 1120. The van der Waals surface area contributed by atoms with Gasteiger partial charge in [-0.25, -0.2) is 9.18 Å². The topological polar surface area (TPSA) is 47.6 Å². The van der Waals surface area contributed by atoms with Gasteiger partial charge in [0.05, 0.1) is 7.11 Å². The van der Waals surface area contributed by atoms with E-state index in [0.29, 0.717) is 18.5 Å². The molecule has 0 saturated heterocycles. The Kier molecular flexibility index (Phi) is 6.18. The summed E-state index contributed by atoms with van der Waals surface area (Å²) in [4.78, 5) is 12.1. The van der Waals surface area contributed by atoms with E-state index in [9.17, 15) is 9.18 Å². The fourth-order valence-electron chi connectivity index (χ4n) is 3.78. The molecule has 1 N–H and O–H groups in total. The van der Waals surface area contributed by atoms with Crippen LogP contribution in [0.5, 0.6) is 5.75 Å². The van der Waals surface area contributed by atoms with E-state index < -0.39 is 11.9 Å². The molecule has 0 bridgehead atoms. The van der Waals surface area contributed by atoms with Crippen molar-refractivity contribution in [2.24, 2.45) is 0 Å². The number of hydrogen-bond donors (Lipinski definition) is 1. The van der Waals surface area contributed by atoms with Crippen molar-refractivity contribution in [3.05, 3.63) is 89.2 Å². The van der Waals surface area contributed by atoms with Crippen LogP contribution in [-0.4, -0.2) is 26.4 Å². The number of rotatable bonds is 5. The van der Waals surface area contributed by atoms with Gasteiger partial charge in [-0.15, -0.1) is 0 Å². The monoisotopic (exact) mass is 415 g/mol. The molecule has 1 amide bonds. The van der Waals surface area contributed by atoms with E-state index in [1.54, 1.807) is 12.1 Å². The van der Waals surface area contributed by atoms with E-state index in [0.717, 1.165) is 0 Å². The van der Waals surface area contributed by atoms with Gasteiger partial charge < -0.3 is 14.8 Å². The number of carbonyl (C=O) groups excluding carboxylic acids is 1. The van der Waals surface area contributed by atoms with Gasteiger partial charge in [0.25, 0.3) is 0 Å². The lowest BCUT2D eigenvalue weighted by molar-refractivity contribution is 0.143. The van der Waals surface area contributed by atoms with Gasteiger partial charge in [0, 0.05) is 24.4 Å². The highest BCUT2D eigenvalue weighted by Gasteiger charge is 2.28. The number of ether oxygens (including phenoxy) is 2. The molecule has 3 aromatic rings. The van der Waals surface area contributed by atoms with Crippen LogP contribution < -0.4 is 10.1 Å². The average molecular weight is 415 g/mol. The number of hydrogen-bond acceptors (Lipinski definition) is 3. The molecule has 0 radical (unpaired) electrons. The molecule has 4 rings (SSSR count). The quantitative estimate of drug-likeness (QED) is 0.465. The first-order chi connectivity index (χ1) is 15.2. The maximum absolute atomic E-state index is 13.4. The zero-order chi connectivity index (χ0) is 21.6. The normalized spacial score (nSPS) is 11.7. The second kappa shape index (κ2) is 9.36. The summed E-state index contributed by atoms with van der Waals surface area (Å²) in [5, 5.41) is 2.72.